The van der Waals surface area contributed by atoms with E-state index in [0.717, 1.165) is 11.5 Å². The molecule has 0 aromatic heterocycles. The zero-order valence-corrected chi connectivity index (χ0v) is 14.5. The van der Waals surface area contributed by atoms with E-state index in [1.807, 2.05) is 6.08 Å². The maximum absolute atomic E-state index is 12.9. The summed E-state index contributed by atoms with van der Waals surface area (Å²) in [4.78, 5) is 12.2. The van der Waals surface area contributed by atoms with Crippen LogP contribution >= 0.6 is 19.2 Å². The van der Waals surface area contributed by atoms with Gasteiger partial charge in [-0.1, -0.05) is 17.7 Å². The Hall–Kier alpha value is -0.350. The highest BCUT2D eigenvalue weighted by Gasteiger charge is 2.43. The summed E-state index contributed by atoms with van der Waals surface area (Å²) in [5.41, 5.74) is -0.890. The minimum absolute atomic E-state index is 0.168. The monoisotopic (exact) mass is 338 g/mol. The number of carbonyl (C=O) groups excluding carboxylic acids is 1. The van der Waals surface area contributed by atoms with Gasteiger partial charge in [0.15, 0.2) is 5.66 Å². The van der Waals surface area contributed by atoms with Gasteiger partial charge in [0, 0.05) is 5.03 Å². The van der Waals surface area contributed by atoms with Crippen LogP contribution in [0.15, 0.2) is 11.1 Å². The summed E-state index contributed by atoms with van der Waals surface area (Å²) < 4.78 is 28.6. The zero-order valence-electron chi connectivity index (χ0n) is 12.8. The van der Waals surface area contributed by atoms with Crippen molar-refractivity contribution in [3.8, 4) is 0 Å². The Morgan fingerprint density at radius 1 is 1.33 bits per heavy atom. The largest absolute Gasteiger partial charge is 0.465 e. The second-order valence-corrected chi connectivity index (χ2v) is 7.54. The van der Waals surface area contributed by atoms with Gasteiger partial charge in [0.25, 0.3) is 0 Å². The Labute approximate surface area is 131 Å². The molecule has 2 unspecified atom stereocenters. The van der Waals surface area contributed by atoms with Crippen LogP contribution < -0.4 is 0 Å². The van der Waals surface area contributed by atoms with Crippen LogP contribution in [0.25, 0.3) is 0 Å². The SMILES string of the molecule is CCOC(=O)C(CC1CC=C(Cl)C1)P(=O)(OCC)OCC. The first-order valence-electron chi connectivity index (χ1n) is 7.36. The van der Waals surface area contributed by atoms with Crippen LogP contribution in [0.4, 0.5) is 0 Å². The number of hydrogen-bond donors (Lipinski definition) is 0. The smallest absolute Gasteiger partial charge is 0.344 e. The molecule has 1 aliphatic carbocycles. The molecule has 0 N–H and O–H groups in total. The molecule has 0 spiro atoms. The van der Waals surface area contributed by atoms with Crippen LogP contribution in [-0.2, 0) is 23.1 Å². The third kappa shape index (κ3) is 5.41. The van der Waals surface area contributed by atoms with Crippen LogP contribution in [0.3, 0.4) is 0 Å². The van der Waals surface area contributed by atoms with E-state index in [0.29, 0.717) is 12.8 Å². The summed E-state index contributed by atoms with van der Waals surface area (Å²) in [5.74, 6) is -0.355. The average molecular weight is 339 g/mol. The van der Waals surface area contributed by atoms with Gasteiger partial charge >= 0.3 is 13.6 Å². The summed E-state index contributed by atoms with van der Waals surface area (Å²) in [6, 6.07) is 0. The fourth-order valence-corrected chi connectivity index (χ4v) is 4.75. The first-order chi connectivity index (χ1) is 9.96. The fraction of sp³-hybridized carbons (Fsp3) is 0.786. The minimum Gasteiger partial charge on any atom is -0.465 e. The number of hydrogen-bond acceptors (Lipinski definition) is 5. The third-order valence-electron chi connectivity index (χ3n) is 3.27. The molecule has 7 heteroatoms. The van der Waals surface area contributed by atoms with Gasteiger partial charge in [-0.25, -0.2) is 0 Å². The number of allylic oxidation sites excluding steroid dienone is 2. The van der Waals surface area contributed by atoms with E-state index in [1.165, 1.54) is 0 Å². The lowest BCUT2D eigenvalue weighted by Crippen LogP contribution is -2.28. The molecule has 0 saturated carbocycles. The van der Waals surface area contributed by atoms with Crippen molar-refractivity contribution in [3.05, 3.63) is 11.1 Å². The molecule has 122 valence electrons. The van der Waals surface area contributed by atoms with Crippen LogP contribution in [0.2, 0.25) is 0 Å². The molecule has 0 saturated heterocycles. The maximum atomic E-state index is 12.9. The zero-order chi connectivity index (χ0) is 15.9. The van der Waals surface area contributed by atoms with E-state index in [9.17, 15) is 9.36 Å². The Balaban J connectivity index is 2.88. The first kappa shape index (κ1) is 18.7. The fourth-order valence-electron chi connectivity index (χ4n) is 2.40. The molecule has 1 rings (SSSR count). The number of rotatable bonds is 9. The van der Waals surface area contributed by atoms with Crippen molar-refractivity contribution in [3.63, 3.8) is 0 Å². The third-order valence-corrected chi connectivity index (χ3v) is 6.00. The predicted octanol–water partition coefficient (Wildman–Crippen LogP) is 4.11. The first-order valence-corrected chi connectivity index (χ1v) is 9.35. The van der Waals surface area contributed by atoms with E-state index in [4.69, 9.17) is 25.4 Å². The highest BCUT2D eigenvalue weighted by molar-refractivity contribution is 7.55. The summed E-state index contributed by atoms with van der Waals surface area (Å²) >= 11 is 5.98. The van der Waals surface area contributed by atoms with Gasteiger partial charge in [-0.3, -0.25) is 9.36 Å². The molecule has 0 aliphatic heterocycles. The van der Waals surface area contributed by atoms with Gasteiger partial charge in [-0.05, 0) is 46.0 Å². The second kappa shape index (κ2) is 8.94. The van der Waals surface area contributed by atoms with Crippen molar-refractivity contribution in [2.45, 2.75) is 45.7 Å². The molecule has 0 amide bonds. The Bertz CT molecular complexity index is 414. The molecule has 5 nitrogen and oxygen atoms in total. The molecular formula is C14H24ClO5P. The van der Waals surface area contributed by atoms with E-state index in [2.05, 4.69) is 0 Å². The standard InChI is InChI=1S/C14H24ClO5P/c1-4-18-14(16)13(10-11-7-8-12(15)9-11)21(17,19-5-2)20-6-3/h8,11,13H,4-7,9-10H2,1-3H3. The summed E-state index contributed by atoms with van der Waals surface area (Å²) in [5, 5.41) is 0.783. The van der Waals surface area contributed by atoms with Gasteiger partial charge in [0.05, 0.1) is 19.8 Å². The number of halogens is 1. The van der Waals surface area contributed by atoms with E-state index >= 15 is 0 Å². The molecule has 0 aromatic rings. The minimum atomic E-state index is -3.53. The lowest BCUT2D eigenvalue weighted by Gasteiger charge is -2.26. The molecule has 0 fully saturated rings. The predicted molar refractivity (Wildman–Crippen MR) is 82.6 cm³/mol. The van der Waals surface area contributed by atoms with Gasteiger partial charge in [-0.2, -0.15) is 0 Å². The number of carbonyl (C=O) groups is 1. The molecule has 0 radical (unpaired) electrons. The summed E-state index contributed by atoms with van der Waals surface area (Å²) in [6.45, 7) is 5.84. The molecule has 0 aromatic carbocycles. The molecular weight excluding hydrogens is 315 g/mol. The van der Waals surface area contributed by atoms with Gasteiger partial charge in [0.2, 0.25) is 0 Å². The lowest BCUT2D eigenvalue weighted by molar-refractivity contribution is -0.143. The molecule has 2 atom stereocenters. The maximum Gasteiger partial charge on any atom is 0.344 e. The highest BCUT2D eigenvalue weighted by atomic mass is 35.5. The normalized spacial score (nSPS) is 20.2. The van der Waals surface area contributed by atoms with Crippen LogP contribution in [0.5, 0.6) is 0 Å². The van der Waals surface area contributed by atoms with Crippen LogP contribution in [0, 0.1) is 5.92 Å². The van der Waals surface area contributed by atoms with E-state index < -0.39 is 19.2 Å². The molecule has 1 aliphatic rings. The van der Waals surface area contributed by atoms with Crippen molar-refractivity contribution in [1.82, 2.24) is 0 Å². The number of esters is 1. The van der Waals surface area contributed by atoms with Crippen molar-refractivity contribution in [1.29, 1.82) is 0 Å². The summed E-state index contributed by atoms with van der Waals surface area (Å²) in [7, 11) is -3.53. The number of ether oxygens (including phenoxy) is 1. The quantitative estimate of drug-likeness (QED) is 0.467. The van der Waals surface area contributed by atoms with E-state index in [1.54, 1.807) is 20.8 Å². The molecule has 21 heavy (non-hydrogen) atoms. The average Bonchev–Trinajstić information content (AvgIpc) is 2.82. The highest BCUT2D eigenvalue weighted by Crippen LogP contribution is 2.56. The van der Waals surface area contributed by atoms with E-state index in [-0.39, 0.29) is 25.7 Å². The Kier molecular flexibility index (Phi) is 7.96. The van der Waals surface area contributed by atoms with Crippen molar-refractivity contribution in [2.24, 2.45) is 5.92 Å². The molecule has 0 bridgehead atoms. The molecule has 0 heterocycles. The topological polar surface area (TPSA) is 61.8 Å². The van der Waals surface area contributed by atoms with Gasteiger partial charge in [-0.15, -0.1) is 0 Å². The van der Waals surface area contributed by atoms with Crippen LogP contribution in [-0.4, -0.2) is 31.4 Å². The van der Waals surface area contributed by atoms with Crippen molar-refractivity contribution >= 4 is 25.2 Å². The van der Waals surface area contributed by atoms with Crippen LogP contribution in [0.1, 0.15) is 40.0 Å². The Morgan fingerprint density at radius 2 is 1.95 bits per heavy atom. The van der Waals surface area contributed by atoms with Crippen molar-refractivity contribution < 1.29 is 23.1 Å². The second-order valence-electron chi connectivity index (χ2n) is 4.84. The lowest BCUT2D eigenvalue weighted by atomic mass is 10.0. The Morgan fingerprint density at radius 3 is 2.38 bits per heavy atom. The van der Waals surface area contributed by atoms with Gasteiger partial charge < -0.3 is 13.8 Å². The van der Waals surface area contributed by atoms with Gasteiger partial charge in [0.1, 0.15) is 0 Å². The summed E-state index contributed by atoms with van der Waals surface area (Å²) in [6.07, 6.45) is 3.78. The van der Waals surface area contributed by atoms with Crippen molar-refractivity contribution in [2.75, 3.05) is 19.8 Å².